The first-order chi connectivity index (χ1) is 9.28. The SMILES string of the molecule is CC1(O)CCN(c2ccc([N+](=O)[O-])c(OC(F)F)c2)C1. The fourth-order valence-corrected chi connectivity index (χ4v) is 2.21. The molecular formula is C12H14F2N2O4. The van der Waals surface area contributed by atoms with Crippen molar-refractivity contribution in [2.75, 3.05) is 18.0 Å². The highest BCUT2D eigenvalue weighted by Crippen LogP contribution is 2.35. The monoisotopic (exact) mass is 288 g/mol. The normalized spacial score (nSPS) is 22.4. The zero-order valence-electron chi connectivity index (χ0n) is 10.8. The van der Waals surface area contributed by atoms with Crippen LogP contribution < -0.4 is 9.64 Å². The van der Waals surface area contributed by atoms with E-state index in [4.69, 9.17) is 0 Å². The van der Waals surface area contributed by atoms with Crippen molar-refractivity contribution in [3.63, 3.8) is 0 Å². The number of anilines is 1. The number of rotatable bonds is 4. The molecule has 0 radical (unpaired) electrons. The number of benzene rings is 1. The van der Waals surface area contributed by atoms with E-state index in [0.29, 0.717) is 25.2 Å². The third-order valence-electron chi connectivity index (χ3n) is 3.17. The molecule has 8 heteroatoms. The molecule has 6 nitrogen and oxygen atoms in total. The number of hydrogen-bond donors (Lipinski definition) is 1. The summed E-state index contributed by atoms with van der Waals surface area (Å²) in [5.74, 6) is -0.478. The number of nitro groups is 1. The second-order valence-electron chi connectivity index (χ2n) is 4.96. The van der Waals surface area contributed by atoms with Gasteiger partial charge in [-0.25, -0.2) is 0 Å². The van der Waals surface area contributed by atoms with Gasteiger partial charge >= 0.3 is 12.3 Å². The fraction of sp³-hybridized carbons (Fsp3) is 0.500. The van der Waals surface area contributed by atoms with E-state index in [2.05, 4.69) is 4.74 Å². The smallest absolute Gasteiger partial charge is 0.387 e. The molecule has 1 fully saturated rings. The second-order valence-corrected chi connectivity index (χ2v) is 4.96. The first-order valence-electron chi connectivity index (χ1n) is 5.99. The Balaban J connectivity index is 2.30. The molecule has 0 amide bonds. The van der Waals surface area contributed by atoms with E-state index in [-0.39, 0.29) is 0 Å². The minimum atomic E-state index is -3.13. The Bertz CT molecular complexity index is 522. The third-order valence-corrected chi connectivity index (χ3v) is 3.17. The number of nitrogens with zero attached hydrogens (tertiary/aromatic N) is 2. The first-order valence-corrected chi connectivity index (χ1v) is 5.99. The molecular weight excluding hydrogens is 274 g/mol. The Hall–Kier alpha value is -1.96. The number of aliphatic hydroxyl groups is 1. The average molecular weight is 288 g/mol. The molecule has 1 aromatic carbocycles. The van der Waals surface area contributed by atoms with Crippen molar-refractivity contribution >= 4 is 11.4 Å². The molecule has 1 atom stereocenters. The van der Waals surface area contributed by atoms with Crippen molar-refractivity contribution in [1.29, 1.82) is 0 Å². The van der Waals surface area contributed by atoms with Gasteiger partial charge in [-0.15, -0.1) is 0 Å². The van der Waals surface area contributed by atoms with Crippen LogP contribution in [0.25, 0.3) is 0 Å². The molecule has 1 N–H and O–H groups in total. The summed E-state index contributed by atoms with van der Waals surface area (Å²) in [6.45, 7) is -0.585. The maximum absolute atomic E-state index is 12.3. The van der Waals surface area contributed by atoms with E-state index in [9.17, 15) is 24.0 Å². The Morgan fingerprint density at radius 2 is 2.25 bits per heavy atom. The summed E-state index contributed by atoms with van der Waals surface area (Å²) in [4.78, 5) is 11.8. The van der Waals surface area contributed by atoms with Gasteiger partial charge in [0.05, 0.1) is 10.5 Å². The Labute approximate surface area is 113 Å². The lowest BCUT2D eigenvalue weighted by Gasteiger charge is -2.21. The fourth-order valence-electron chi connectivity index (χ4n) is 2.21. The van der Waals surface area contributed by atoms with Gasteiger partial charge in [0, 0.05) is 30.9 Å². The third kappa shape index (κ3) is 3.13. The summed E-state index contributed by atoms with van der Waals surface area (Å²) in [5.41, 5.74) is -0.866. The lowest BCUT2D eigenvalue weighted by Crippen LogP contribution is -2.29. The van der Waals surface area contributed by atoms with E-state index in [1.54, 1.807) is 11.8 Å². The van der Waals surface area contributed by atoms with Crippen LogP contribution in [0, 0.1) is 10.1 Å². The minimum Gasteiger partial charge on any atom is -0.427 e. The number of nitro benzene ring substituents is 1. The number of halogens is 2. The van der Waals surface area contributed by atoms with Crippen LogP contribution in [0.1, 0.15) is 13.3 Å². The van der Waals surface area contributed by atoms with Crippen molar-refractivity contribution in [3.05, 3.63) is 28.3 Å². The molecule has 1 aromatic rings. The molecule has 1 heterocycles. The van der Waals surface area contributed by atoms with Crippen molar-refractivity contribution in [3.8, 4) is 5.75 Å². The summed E-state index contributed by atoms with van der Waals surface area (Å²) in [6, 6.07) is 3.78. The van der Waals surface area contributed by atoms with Crippen LogP contribution in [-0.2, 0) is 0 Å². The van der Waals surface area contributed by atoms with E-state index in [1.165, 1.54) is 12.1 Å². The minimum absolute atomic E-state index is 0.332. The van der Waals surface area contributed by atoms with Crippen LogP contribution in [0.4, 0.5) is 20.2 Å². The standard InChI is InChI=1S/C12H14F2N2O4/c1-12(17)4-5-15(7-12)8-2-3-9(16(18)19)10(6-8)20-11(13)14/h2-3,6,11,17H,4-5,7H2,1H3. The lowest BCUT2D eigenvalue weighted by atomic mass is 10.1. The molecule has 0 aliphatic carbocycles. The number of alkyl halides is 2. The van der Waals surface area contributed by atoms with Gasteiger partial charge in [0.25, 0.3) is 0 Å². The quantitative estimate of drug-likeness (QED) is 0.678. The summed E-state index contributed by atoms with van der Waals surface area (Å²) < 4.78 is 28.8. The highest BCUT2D eigenvalue weighted by Gasteiger charge is 2.32. The summed E-state index contributed by atoms with van der Waals surface area (Å²) in [6.07, 6.45) is 0.537. The number of hydrogen-bond acceptors (Lipinski definition) is 5. The van der Waals surface area contributed by atoms with E-state index >= 15 is 0 Å². The molecule has 0 bridgehead atoms. The summed E-state index contributed by atoms with van der Waals surface area (Å²) >= 11 is 0. The zero-order chi connectivity index (χ0) is 14.9. The Morgan fingerprint density at radius 1 is 1.55 bits per heavy atom. The lowest BCUT2D eigenvalue weighted by molar-refractivity contribution is -0.386. The van der Waals surface area contributed by atoms with E-state index < -0.39 is 28.6 Å². The predicted octanol–water partition coefficient (Wildman–Crippen LogP) is 2.16. The first kappa shape index (κ1) is 14.4. The predicted molar refractivity (Wildman–Crippen MR) is 67.2 cm³/mol. The van der Waals surface area contributed by atoms with Crippen LogP contribution in [0.2, 0.25) is 0 Å². The number of ether oxygens (including phenoxy) is 1. The maximum atomic E-state index is 12.3. The van der Waals surface area contributed by atoms with Gasteiger partial charge < -0.3 is 14.7 Å². The largest absolute Gasteiger partial charge is 0.427 e. The molecule has 0 aromatic heterocycles. The van der Waals surface area contributed by atoms with Crippen molar-refractivity contribution in [2.24, 2.45) is 0 Å². The average Bonchev–Trinajstić information content (AvgIpc) is 2.68. The molecule has 1 aliphatic heterocycles. The summed E-state index contributed by atoms with van der Waals surface area (Å²) in [5, 5.41) is 20.6. The van der Waals surface area contributed by atoms with Gasteiger partial charge in [0.15, 0.2) is 0 Å². The van der Waals surface area contributed by atoms with Gasteiger partial charge in [-0.3, -0.25) is 10.1 Å². The van der Waals surface area contributed by atoms with Crippen molar-refractivity contribution < 1.29 is 23.5 Å². The second kappa shape index (κ2) is 5.20. The maximum Gasteiger partial charge on any atom is 0.387 e. The van der Waals surface area contributed by atoms with Crippen molar-refractivity contribution in [2.45, 2.75) is 25.6 Å². The van der Waals surface area contributed by atoms with Crippen LogP contribution in [0.3, 0.4) is 0 Å². The van der Waals surface area contributed by atoms with Gasteiger partial charge in [-0.05, 0) is 19.4 Å². The molecule has 2 rings (SSSR count). The Kier molecular flexibility index (Phi) is 3.76. The molecule has 0 spiro atoms. The highest BCUT2D eigenvalue weighted by molar-refractivity contribution is 5.60. The van der Waals surface area contributed by atoms with E-state index in [1.807, 2.05) is 0 Å². The van der Waals surface area contributed by atoms with E-state index in [0.717, 1.165) is 6.07 Å². The highest BCUT2D eigenvalue weighted by atomic mass is 19.3. The molecule has 1 saturated heterocycles. The van der Waals surface area contributed by atoms with Crippen LogP contribution in [0.5, 0.6) is 5.75 Å². The van der Waals surface area contributed by atoms with Gasteiger partial charge in [-0.1, -0.05) is 0 Å². The molecule has 1 unspecified atom stereocenters. The van der Waals surface area contributed by atoms with Gasteiger partial charge in [0.2, 0.25) is 5.75 Å². The number of β-amino-alcohol motifs (C(OH)–C–C–N with tert-alkyl or cyclic N) is 1. The van der Waals surface area contributed by atoms with Crippen LogP contribution >= 0.6 is 0 Å². The van der Waals surface area contributed by atoms with Gasteiger partial charge in [0.1, 0.15) is 0 Å². The molecule has 110 valence electrons. The van der Waals surface area contributed by atoms with Gasteiger partial charge in [-0.2, -0.15) is 8.78 Å². The van der Waals surface area contributed by atoms with Crippen LogP contribution in [-0.4, -0.2) is 35.3 Å². The molecule has 0 saturated carbocycles. The Morgan fingerprint density at radius 3 is 2.75 bits per heavy atom. The van der Waals surface area contributed by atoms with Crippen molar-refractivity contribution in [1.82, 2.24) is 0 Å². The zero-order valence-corrected chi connectivity index (χ0v) is 10.8. The molecule has 20 heavy (non-hydrogen) atoms. The van der Waals surface area contributed by atoms with Crippen LogP contribution in [0.15, 0.2) is 18.2 Å². The topological polar surface area (TPSA) is 75.8 Å². The molecule has 1 aliphatic rings. The summed E-state index contributed by atoms with van der Waals surface area (Å²) in [7, 11) is 0.